The Bertz CT molecular complexity index is 778. The van der Waals surface area contributed by atoms with E-state index in [0.717, 1.165) is 6.42 Å². The molecule has 3 heterocycles. The fourth-order valence-corrected chi connectivity index (χ4v) is 6.36. The number of likely N-dealkylation sites (tertiary alicyclic amines) is 1. The zero-order valence-electron chi connectivity index (χ0n) is 21.4. The molecule has 1 spiro atoms. The van der Waals surface area contributed by atoms with E-state index in [-0.39, 0.29) is 30.2 Å². The maximum Gasteiger partial charge on any atom is 0.246 e. The van der Waals surface area contributed by atoms with Gasteiger partial charge in [0.25, 0.3) is 0 Å². The third-order valence-corrected chi connectivity index (χ3v) is 7.54. The summed E-state index contributed by atoms with van der Waals surface area (Å²) in [4.78, 5) is 42.7. The zero-order valence-corrected chi connectivity index (χ0v) is 21.4. The lowest BCUT2D eigenvalue weighted by molar-refractivity contribution is -0.152. The molecule has 3 saturated heterocycles. The second-order valence-corrected chi connectivity index (χ2v) is 11.6. The maximum atomic E-state index is 14.1. The summed E-state index contributed by atoms with van der Waals surface area (Å²) in [6.45, 7) is 14.0. The Kier molecular flexibility index (Phi) is 7.21. The molecule has 6 atom stereocenters. The lowest BCUT2D eigenvalue weighted by atomic mass is 9.65. The number of nitrogens with one attached hydrogen (secondary N) is 2. The number of carbonyl (C=O) groups excluding carboxylic acids is 3. The molecule has 0 aromatic carbocycles. The Hall–Kier alpha value is -1.67. The summed E-state index contributed by atoms with van der Waals surface area (Å²) in [5.74, 6) is -1.82. The van der Waals surface area contributed by atoms with Gasteiger partial charge in [0, 0.05) is 12.1 Å². The van der Waals surface area contributed by atoms with Gasteiger partial charge in [-0.1, -0.05) is 27.7 Å². The van der Waals surface area contributed by atoms with Crippen molar-refractivity contribution in [1.82, 2.24) is 15.5 Å². The van der Waals surface area contributed by atoms with Gasteiger partial charge in [0.15, 0.2) is 0 Å². The van der Waals surface area contributed by atoms with Crippen molar-refractivity contribution >= 4 is 17.7 Å². The molecule has 0 aromatic rings. The minimum Gasteiger partial charge on any atom is -0.394 e. The highest BCUT2D eigenvalue weighted by atomic mass is 16.5. The average Bonchev–Trinajstić information content (AvgIpc) is 3.32. The number of fused-ring (bicyclic) bond motifs is 1. The van der Waals surface area contributed by atoms with Crippen LogP contribution in [0, 0.1) is 17.8 Å². The number of carbonyl (C=O) groups is 3. The molecule has 0 saturated carbocycles. The summed E-state index contributed by atoms with van der Waals surface area (Å²) < 4.78 is 6.72. The van der Waals surface area contributed by atoms with Gasteiger partial charge in [-0.3, -0.25) is 14.4 Å². The van der Waals surface area contributed by atoms with Crippen LogP contribution in [0.15, 0.2) is 0 Å². The molecule has 2 unspecified atom stereocenters. The van der Waals surface area contributed by atoms with Gasteiger partial charge in [-0.25, -0.2) is 0 Å². The molecule has 188 valence electrons. The highest BCUT2D eigenvalue weighted by Crippen LogP contribution is 2.64. The Balaban J connectivity index is 2.11. The molecule has 2 bridgehead atoms. The van der Waals surface area contributed by atoms with E-state index in [1.54, 1.807) is 4.90 Å². The van der Waals surface area contributed by atoms with Crippen molar-refractivity contribution in [3.63, 3.8) is 0 Å². The fraction of sp³-hybridized carbons (Fsp3) is 0.880. The van der Waals surface area contributed by atoms with Crippen LogP contribution in [-0.4, -0.2) is 69.7 Å². The van der Waals surface area contributed by atoms with Crippen LogP contribution in [0.2, 0.25) is 0 Å². The van der Waals surface area contributed by atoms with Crippen LogP contribution in [0.5, 0.6) is 0 Å². The smallest absolute Gasteiger partial charge is 0.246 e. The number of hydrogen-bond donors (Lipinski definition) is 3. The third-order valence-electron chi connectivity index (χ3n) is 7.54. The largest absolute Gasteiger partial charge is 0.394 e. The zero-order chi connectivity index (χ0) is 24.8. The standard InChI is InChI=1S/C25H43N3O5/c1-8-12-26-20(30)17-18-22(32)28(16(14-29)13-15(3)4)19(21(31)27-23(5,6)7)25(18)11-10-24(17,9-2)33-25/h15-19,29H,8-14H2,1-7H3,(H,26,30)(H,27,31)/t16-,17-,18+,19?,24+,25?/m1/s1. The van der Waals surface area contributed by atoms with E-state index in [2.05, 4.69) is 10.6 Å². The summed E-state index contributed by atoms with van der Waals surface area (Å²) in [7, 11) is 0. The average molecular weight is 466 g/mol. The van der Waals surface area contributed by atoms with Crippen LogP contribution in [-0.2, 0) is 19.1 Å². The van der Waals surface area contributed by atoms with Gasteiger partial charge in [-0.15, -0.1) is 0 Å². The van der Waals surface area contributed by atoms with E-state index < -0.39 is 40.7 Å². The normalized spacial score (nSPS) is 34.0. The van der Waals surface area contributed by atoms with Crippen LogP contribution in [0.3, 0.4) is 0 Å². The van der Waals surface area contributed by atoms with E-state index in [4.69, 9.17) is 4.74 Å². The number of rotatable bonds is 9. The predicted octanol–water partition coefficient (Wildman–Crippen LogP) is 1.99. The Labute approximate surface area is 198 Å². The highest BCUT2D eigenvalue weighted by molar-refractivity contribution is 5.99. The quantitative estimate of drug-likeness (QED) is 0.483. The predicted molar refractivity (Wildman–Crippen MR) is 125 cm³/mol. The van der Waals surface area contributed by atoms with Crippen molar-refractivity contribution in [1.29, 1.82) is 0 Å². The van der Waals surface area contributed by atoms with E-state index >= 15 is 0 Å². The fourth-order valence-electron chi connectivity index (χ4n) is 6.36. The van der Waals surface area contributed by atoms with E-state index in [1.807, 2.05) is 48.5 Å². The van der Waals surface area contributed by atoms with Crippen molar-refractivity contribution in [2.75, 3.05) is 13.2 Å². The number of ether oxygens (including phenoxy) is 1. The first-order valence-corrected chi connectivity index (χ1v) is 12.6. The monoisotopic (exact) mass is 465 g/mol. The third kappa shape index (κ3) is 4.29. The molecule has 0 aromatic heterocycles. The number of amides is 3. The molecule has 3 N–H and O–H groups in total. The topological polar surface area (TPSA) is 108 Å². The minimum atomic E-state index is -1.05. The van der Waals surface area contributed by atoms with Crippen LogP contribution < -0.4 is 10.6 Å². The lowest BCUT2D eigenvalue weighted by Gasteiger charge is -2.39. The lowest BCUT2D eigenvalue weighted by Crippen LogP contribution is -2.60. The van der Waals surface area contributed by atoms with E-state index in [0.29, 0.717) is 32.2 Å². The van der Waals surface area contributed by atoms with E-state index in [1.165, 1.54) is 0 Å². The molecule has 3 fully saturated rings. The number of aliphatic hydroxyl groups is 1. The molecule has 3 aliphatic heterocycles. The van der Waals surface area contributed by atoms with Gasteiger partial charge in [-0.2, -0.15) is 0 Å². The second kappa shape index (κ2) is 9.17. The Morgan fingerprint density at radius 3 is 2.39 bits per heavy atom. The minimum absolute atomic E-state index is 0.167. The van der Waals surface area contributed by atoms with Gasteiger partial charge in [-0.05, 0) is 58.8 Å². The molecule has 33 heavy (non-hydrogen) atoms. The first kappa shape index (κ1) is 25.9. The molecular formula is C25H43N3O5. The van der Waals surface area contributed by atoms with Crippen molar-refractivity contribution in [3.8, 4) is 0 Å². The van der Waals surface area contributed by atoms with Gasteiger partial charge in [0.2, 0.25) is 17.7 Å². The summed E-state index contributed by atoms with van der Waals surface area (Å²) in [6.07, 6.45) is 3.15. The summed E-state index contributed by atoms with van der Waals surface area (Å²) in [5.41, 5.74) is -2.29. The summed E-state index contributed by atoms with van der Waals surface area (Å²) >= 11 is 0. The van der Waals surface area contributed by atoms with E-state index in [9.17, 15) is 19.5 Å². The Morgan fingerprint density at radius 1 is 1.21 bits per heavy atom. The van der Waals surface area contributed by atoms with Crippen molar-refractivity contribution in [2.45, 2.75) is 109 Å². The molecule has 3 aliphatic rings. The first-order chi connectivity index (χ1) is 15.4. The maximum absolute atomic E-state index is 14.1. The van der Waals surface area contributed by atoms with Gasteiger partial charge in [0.1, 0.15) is 11.6 Å². The molecule has 3 amide bonds. The first-order valence-electron chi connectivity index (χ1n) is 12.6. The van der Waals surface area contributed by atoms with Gasteiger partial charge >= 0.3 is 0 Å². The van der Waals surface area contributed by atoms with Crippen LogP contribution >= 0.6 is 0 Å². The van der Waals surface area contributed by atoms with Gasteiger partial charge < -0.3 is 25.4 Å². The van der Waals surface area contributed by atoms with Crippen LogP contribution in [0.25, 0.3) is 0 Å². The van der Waals surface area contributed by atoms with Crippen molar-refractivity contribution in [3.05, 3.63) is 0 Å². The second-order valence-electron chi connectivity index (χ2n) is 11.6. The van der Waals surface area contributed by atoms with Gasteiger partial charge in [0.05, 0.1) is 30.1 Å². The Morgan fingerprint density at radius 2 is 1.88 bits per heavy atom. The summed E-state index contributed by atoms with van der Waals surface area (Å²) in [5, 5.41) is 16.3. The molecule has 0 radical (unpaired) electrons. The molecule has 0 aliphatic carbocycles. The number of hydrogen-bond acceptors (Lipinski definition) is 5. The molecular weight excluding hydrogens is 422 g/mol. The molecule has 8 nitrogen and oxygen atoms in total. The number of nitrogens with zero attached hydrogens (tertiary/aromatic N) is 1. The van der Waals surface area contributed by atoms with Crippen molar-refractivity contribution in [2.24, 2.45) is 17.8 Å². The van der Waals surface area contributed by atoms with Crippen LogP contribution in [0.1, 0.15) is 80.6 Å². The number of aliphatic hydroxyl groups excluding tert-OH is 1. The van der Waals surface area contributed by atoms with Crippen molar-refractivity contribution < 1.29 is 24.2 Å². The highest BCUT2D eigenvalue weighted by Gasteiger charge is 2.79. The summed E-state index contributed by atoms with van der Waals surface area (Å²) in [6, 6.07) is -1.38. The molecule has 3 rings (SSSR count). The SMILES string of the molecule is CCCNC(=O)[C@H]1[C@H]2C(=O)N([C@@H](CO)CC(C)C)C(C(=O)NC(C)(C)C)C23CC[C@]1(CC)O3. The van der Waals surface area contributed by atoms with Crippen LogP contribution in [0.4, 0.5) is 0 Å². The molecule has 8 heteroatoms.